The molecule has 0 spiro atoms. The van der Waals surface area contributed by atoms with Crippen LogP contribution in [0.25, 0.3) is 0 Å². The quantitative estimate of drug-likeness (QED) is 0.406. The number of aromatic nitrogens is 2. The van der Waals surface area contributed by atoms with Crippen molar-refractivity contribution in [3.63, 3.8) is 0 Å². The van der Waals surface area contributed by atoms with E-state index in [1.807, 2.05) is 24.3 Å². The number of Topliss-reactive ketones (excluding diaryl/α,β-unsaturated/α-hetero) is 1. The van der Waals surface area contributed by atoms with Crippen LogP contribution in [0.15, 0.2) is 64.1 Å². The van der Waals surface area contributed by atoms with Gasteiger partial charge >= 0.3 is 0 Å². The van der Waals surface area contributed by atoms with Gasteiger partial charge in [-0.3, -0.25) is 9.59 Å². The summed E-state index contributed by atoms with van der Waals surface area (Å²) in [5, 5.41) is 7.03. The third-order valence-corrected chi connectivity index (χ3v) is 5.50. The van der Waals surface area contributed by atoms with Crippen molar-refractivity contribution in [1.82, 2.24) is 9.78 Å². The second-order valence-corrected chi connectivity index (χ2v) is 7.97. The van der Waals surface area contributed by atoms with Crippen LogP contribution in [0.5, 0.6) is 0 Å². The van der Waals surface area contributed by atoms with E-state index < -0.39 is 5.82 Å². The molecular weight excluding hydrogens is 445 g/mol. The number of nitrogens with zero attached hydrogens (tertiary/aromatic N) is 2. The number of carbonyl (C=O) groups is 2. The van der Waals surface area contributed by atoms with Crippen LogP contribution in [0.3, 0.4) is 0 Å². The van der Waals surface area contributed by atoms with E-state index in [1.165, 1.54) is 19.1 Å². The van der Waals surface area contributed by atoms with Gasteiger partial charge in [-0.1, -0.05) is 34.1 Å². The fourth-order valence-electron chi connectivity index (χ4n) is 2.49. The Balaban J connectivity index is 1.59. The van der Waals surface area contributed by atoms with Crippen molar-refractivity contribution in [3.8, 4) is 0 Å². The Bertz CT molecular complexity index is 1000. The third kappa shape index (κ3) is 5.30. The minimum absolute atomic E-state index is 0.0415. The first kappa shape index (κ1) is 20.3. The molecule has 0 saturated heterocycles. The molecular formula is C20H17BrFN3O2S. The van der Waals surface area contributed by atoms with E-state index in [1.54, 1.807) is 23.0 Å². The number of thioether (sulfide) groups is 1. The van der Waals surface area contributed by atoms with Gasteiger partial charge in [0, 0.05) is 21.0 Å². The molecule has 3 aromatic rings. The second-order valence-electron chi connectivity index (χ2n) is 6.04. The molecule has 2 aromatic carbocycles. The summed E-state index contributed by atoms with van der Waals surface area (Å²) in [5.41, 5.74) is 1.35. The smallest absolute Gasteiger partial charge is 0.235 e. The molecule has 0 saturated carbocycles. The Labute approximate surface area is 174 Å². The zero-order valence-corrected chi connectivity index (χ0v) is 17.4. The van der Waals surface area contributed by atoms with Crippen molar-refractivity contribution in [2.45, 2.75) is 18.4 Å². The standard InChI is InChI=1S/C20H17BrFN3O2S/c1-13(26)15-4-7-18(17(22)10-15)28-12-20(27)24-19-8-9-23-25(19)11-14-2-5-16(21)6-3-14/h2-10H,11-12H2,1H3,(H,24,27). The SMILES string of the molecule is CC(=O)c1ccc(SCC(=O)Nc2ccnn2Cc2ccc(Br)cc2)c(F)c1. The molecule has 5 nitrogen and oxygen atoms in total. The first-order valence-electron chi connectivity index (χ1n) is 8.42. The number of hydrogen-bond donors (Lipinski definition) is 1. The predicted octanol–water partition coefficient (Wildman–Crippen LogP) is 4.77. The first-order valence-corrected chi connectivity index (χ1v) is 10.2. The molecule has 0 aliphatic rings. The zero-order chi connectivity index (χ0) is 20.1. The van der Waals surface area contributed by atoms with Gasteiger partial charge < -0.3 is 5.32 Å². The van der Waals surface area contributed by atoms with Gasteiger partial charge in [-0.25, -0.2) is 9.07 Å². The minimum Gasteiger partial charge on any atom is -0.310 e. The van der Waals surface area contributed by atoms with E-state index >= 15 is 0 Å². The minimum atomic E-state index is -0.509. The highest BCUT2D eigenvalue weighted by atomic mass is 79.9. The van der Waals surface area contributed by atoms with Gasteiger partial charge in [-0.2, -0.15) is 5.10 Å². The summed E-state index contributed by atoms with van der Waals surface area (Å²) in [4.78, 5) is 23.9. The maximum atomic E-state index is 14.1. The molecule has 1 amide bonds. The average Bonchev–Trinajstić information content (AvgIpc) is 3.09. The summed E-state index contributed by atoms with van der Waals surface area (Å²) in [6, 6.07) is 13.8. The van der Waals surface area contributed by atoms with E-state index in [-0.39, 0.29) is 17.4 Å². The summed E-state index contributed by atoms with van der Waals surface area (Å²) < 4.78 is 16.7. The van der Waals surface area contributed by atoms with Crippen LogP contribution in [0.2, 0.25) is 0 Å². The third-order valence-electron chi connectivity index (χ3n) is 3.93. The van der Waals surface area contributed by atoms with Gasteiger partial charge in [-0.05, 0) is 36.8 Å². The van der Waals surface area contributed by atoms with Crippen molar-refractivity contribution < 1.29 is 14.0 Å². The average molecular weight is 462 g/mol. The number of nitrogens with one attached hydrogen (secondary N) is 1. The molecule has 0 bridgehead atoms. The molecule has 0 aliphatic heterocycles. The Morgan fingerprint density at radius 2 is 1.93 bits per heavy atom. The van der Waals surface area contributed by atoms with Crippen LogP contribution < -0.4 is 5.32 Å². The topological polar surface area (TPSA) is 64.0 Å². The van der Waals surface area contributed by atoms with E-state index in [0.717, 1.165) is 21.8 Å². The summed E-state index contributed by atoms with van der Waals surface area (Å²) in [6.07, 6.45) is 1.61. The molecule has 0 aliphatic carbocycles. The molecule has 28 heavy (non-hydrogen) atoms. The van der Waals surface area contributed by atoms with Crippen molar-refractivity contribution in [3.05, 3.63) is 76.1 Å². The van der Waals surface area contributed by atoms with Crippen molar-refractivity contribution in [1.29, 1.82) is 0 Å². The van der Waals surface area contributed by atoms with Crippen molar-refractivity contribution in [2.24, 2.45) is 0 Å². The largest absolute Gasteiger partial charge is 0.310 e. The number of benzene rings is 2. The Morgan fingerprint density at radius 1 is 1.18 bits per heavy atom. The number of hydrogen-bond acceptors (Lipinski definition) is 4. The lowest BCUT2D eigenvalue weighted by Gasteiger charge is -2.10. The fraction of sp³-hybridized carbons (Fsp3) is 0.150. The van der Waals surface area contributed by atoms with E-state index in [2.05, 4.69) is 26.3 Å². The Morgan fingerprint density at radius 3 is 2.61 bits per heavy atom. The van der Waals surface area contributed by atoms with Crippen molar-refractivity contribution in [2.75, 3.05) is 11.1 Å². The number of amides is 1. The monoisotopic (exact) mass is 461 g/mol. The van der Waals surface area contributed by atoms with Gasteiger partial charge in [0.25, 0.3) is 0 Å². The Hall–Kier alpha value is -2.45. The lowest BCUT2D eigenvalue weighted by molar-refractivity contribution is -0.113. The molecule has 1 N–H and O–H groups in total. The highest BCUT2D eigenvalue weighted by molar-refractivity contribution is 9.10. The summed E-state index contributed by atoms with van der Waals surface area (Å²) in [6.45, 7) is 1.90. The Kier molecular flexibility index (Phi) is 6.64. The van der Waals surface area contributed by atoms with Gasteiger partial charge in [0.15, 0.2) is 5.78 Å². The first-order chi connectivity index (χ1) is 13.4. The normalized spacial score (nSPS) is 10.7. The molecule has 1 aromatic heterocycles. The van der Waals surface area contributed by atoms with Crippen molar-refractivity contribution >= 4 is 45.2 Å². The molecule has 0 radical (unpaired) electrons. The predicted molar refractivity (Wildman–Crippen MR) is 111 cm³/mol. The molecule has 1 heterocycles. The molecule has 3 rings (SSSR count). The summed E-state index contributed by atoms with van der Waals surface area (Å²) in [5.74, 6) is -0.365. The number of anilines is 1. The molecule has 0 fully saturated rings. The van der Waals surface area contributed by atoms with E-state index in [4.69, 9.17) is 0 Å². The number of carbonyl (C=O) groups excluding carboxylic acids is 2. The summed E-state index contributed by atoms with van der Waals surface area (Å²) >= 11 is 4.47. The number of ketones is 1. The van der Waals surface area contributed by atoms with E-state index in [9.17, 15) is 14.0 Å². The summed E-state index contributed by atoms with van der Waals surface area (Å²) in [7, 11) is 0. The maximum absolute atomic E-state index is 14.1. The van der Waals surface area contributed by atoms with Gasteiger partial charge in [-0.15, -0.1) is 11.8 Å². The van der Waals surface area contributed by atoms with Crippen LogP contribution in [-0.2, 0) is 11.3 Å². The van der Waals surface area contributed by atoms with Gasteiger partial charge in [0.05, 0.1) is 18.5 Å². The zero-order valence-electron chi connectivity index (χ0n) is 15.0. The maximum Gasteiger partial charge on any atom is 0.235 e. The highest BCUT2D eigenvalue weighted by Gasteiger charge is 2.11. The lowest BCUT2D eigenvalue weighted by atomic mass is 10.1. The van der Waals surface area contributed by atoms with Gasteiger partial charge in [0.1, 0.15) is 11.6 Å². The van der Waals surface area contributed by atoms with Crippen LogP contribution in [-0.4, -0.2) is 27.2 Å². The van der Waals surface area contributed by atoms with Crippen LogP contribution in [0, 0.1) is 5.82 Å². The van der Waals surface area contributed by atoms with Crippen LogP contribution in [0.4, 0.5) is 10.2 Å². The lowest BCUT2D eigenvalue weighted by Crippen LogP contribution is -2.18. The highest BCUT2D eigenvalue weighted by Crippen LogP contribution is 2.23. The van der Waals surface area contributed by atoms with Gasteiger partial charge in [0.2, 0.25) is 5.91 Å². The second kappa shape index (κ2) is 9.16. The van der Waals surface area contributed by atoms with Crippen LogP contribution in [0.1, 0.15) is 22.8 Å². The molecule has 0 unspecified atom stereocenters. The molecule has 0 atom stereocenters. The molecule has 144 valence electrons. The van der Waals surface area contributed by atoms with E-state index in [0.29, 0.717) is 22.8 Å². The number of rotatable bonds is 7. The fourth-order valence-corrected chi connectivity index (χ4v) is 3.47. The molecule has 8 heteroatoms. The number of halogens is 2. The van der Waals surface area contributed by atoms with Crippen LogP contribution >= 0.6 is 27.7 Å².